The fourth-order valence-electron chi connectivity index (χ4n) is 4.96. The lowest BCUT2D eigenvalue weighted by Gasteiger charge is -2.30. The van der Waals surface area contributed by atoms with Crippen molar-refractivity contribution < 1.29 is 32.2 Å². The molecule has 194 valence electrons. The normalized spacial score (nSPS) is 14.7. The Balaban J connectivity index is 1.82. The van der Waals surface area contributed by atoms with Crippen molar-refractivity contribution >= 4 is 11.9 Å². The first-order valence-corrected chi connectivity index (χ1v) is 11.9. The molecule has 0 saturated carbocycles. The molecule has 0 fully saturated rings. The number of rotatable bonds is 7. The van der Waals surface area contributed by atoms with Crippen molar-refractivity contribution in [1.82, 2.24) is 4.90 Å². The predicted molar refractivity (Wildman–Crippen MR) is 133 cm³/mol. The largest absolute Gasteiger partial charge is 0.496 e. The minimum Gasteiger partial charge on any atom is -0.496 e. The lowest BCUT2D eigenvalue weighted by atomic mass is 9.93. The second-order valence-electron chi connectivity index (χ2n) is 9.06. The molecule has 4 rings (SSSR count). The van der Waals surface area contributed by atoms with Crippen LogP contribution in [0.4, 0.5) is 13.2 Å². The molecule has 0 radical (unpaired) electrons. The first-order valence-electron chi connectivity index (χ1n) is 11.9. The van der Waals surface area contributed by atoms with Gasteiger partial charge >= 0.3 is 12.1 Å². The van der Waals surface area contributed by atoms with Crippen molar-refractivity contribution in [3.05, 3.63) is 88.5 Å². The van der Waals surface area contributed by atoms with Gasteiger partial charge in [-0.3, -0.25) is 9.59 Å². The van der Waals surface area contributed by atoms with Gasteiger partial charge in [-0.25, -0.2) is 0 Å². The molecule has 1 aliphatic rings. The average molecular weight is 512 g/mol. The van der Waals surface area contributed by atoms with Gasteiger partial charge in [0.1, 0.15) is 5.75 Å². The number of amides is 1. The second-order valence-corrected chi connectivity index (χ2v) is 9.06. The number of carbonyl (C=O) groups is 2. The highest BCUT2D eigenvalue weighted by atomic mass is 19.4. The number of methoxy groups -OCH3 is 2. The Hall–Kier alpha value is -3.81. The summed E-state index contributed by atoms with van der Waals surface area (Å²) in [4.78, 5) is 26.3. The average Bonchev–Trinajstić information content (AvgIpc) is 3.30. The number of hydrogen-bond donors (Lipinski definition) is 0. The zero-order valence-electron chi connectivity index (χ0n) is 20.9. The number of alkyl halides is 3. The molecule has 0 heterocycles. The highest BCUT2D eigenvalue weighted by Gasteiger charge is 2.33. The maximum Gasteiger partial charge on any atom is 0.416 e. The summed E-state index contributed by atoms with van der Waals surface area (Å²) in [6, 6.07) is 16.2. The number of nitrogens with zero attached hydrogens (tertiary/aromatic N) is 1. The number of hydrogen-bond acceptors (Lipinski definition) is 4. The van der Waals surface area contributed by atoms with Gasteiger partial charge in [0, 0.05) is 19.0 Å². The van der Waals surface area contributed by atoms with Gasteiger partial charge in [-0.15, -0.1) is 0 Å². The van der Waals surface area contributed by atoms with Crippen molar-refractivity contribution in [1.29, 1.82) is 0 Å². The van der Waals surface area contributed by atoms with Crippen LogP contribution in [0.25, 0.3) is 11.1 Å². The Morgan fingerprint density at radius 1 is 1.00 bits per heavy atom. The van der Waals surface area contributed by atoms with Crippen LogP contribution in [0.5, 0.6) is 5.75 Å². The van der Waals surface area contributed by atoms with Gasteiger partial charge in [0.2, 0.25) is 5.91 Å². The number of fused-ring (bicyclic) bond motifs is 1. The molecule has 1 amide bonds. The van der Waals surface area contributed by atoms with Crippen LogP contribution >= 0.6 is 0 Å². The van der Waals surface area contributed by atoms with Crippen molar-refractivity contribution in [2.24, 2.45) is 0 Å². The summed E-state index contributed by atoms with van der Waals surface area (Å²) < 4.78 is 51.5. The molecule has 0 saturated heterocycles. The molecule has 0 N–H and O–H groups in total. The molecular formula is C29H28F3NO4. The smallest absolute Gasteiger partial charge is 0.416 e. The van der Waals surface area contributed by atoms with Crippen molar-refractivity contribution in [3.63, 3.8) is 0 Å². The molecule has 5 nitrogen and oxygen atoms in total. The maximum absolute atomic E-state index is 13.7. The van der Waals surface area contributed by atoms with E-state index in [0.29, 0.717) is 34.4 Å². The summed E-state index contributed by atoms with van der Waals surface area (Å²) in [6.07, 6.45) is -3.05. The zero-order chi connectivity index (χ0) is 26.7. The third kappa shape index (κ3) is 5.63. The molecular weight excluding hydrogens is 483 g/mol. The number of esters is 1. The van der Waals surface area contributed by atoms with Crippen LogP contribution in [0.2, 0.25) is 0 Å². The van der Waals surface area contributed by atoms with E-state index in [4.69, 9.17) is 9.47 Å². The fraction of sp³-hybridized carbons (Fsp3) is 0.310. The standard InChI is InChI=1S/C29H28F3NO4/c1-18(34)33(26-12-9-20-6-4-5-7-24(20)26)17-21-16-22(29(30,31)32)10-11-23(21)25-14-19(15-28(35)37-3)8-13-27(25)36-2/h4-8,10-11,13-14,16,26H,9,12,15,17H2,1-3H3. The van der Waals surface area contributed by atoms with Gasteiger partial charge in [-0.1, -0.05) is 36.4 Å². The summed E-state index contributed by atoms with van der Waals surface area (Å²) >= 11 is 0. The van der Waals surface area contributed by atoms with Crippen LogP contribution in [0.1, 0.15) is 47.2 Å². The Morgan fingerprint density at radius 3 is 2.43 bits per heavy atom. The summed E-state index contributed by atoms with van der Waals surface area (Å²) in [5.41, 5.74) is 3.34. The van der Waals surface area contributed by atoms with Gasteiger partial charge in [-0.2, -0.15) is 13.2 Å². The molecule has 1 atom stereocenters. The highest BCUT2D eigenvalue weighted by molar-refractivity contribution is 5.79. The number of benzene rings is 3. The quantitative estimate of drug-likeness (QED) is 0.358. The zero-order valence-corrected chi connectivity index (χ0v) is 20.9. The van der Waals surface area contributed by atoms with Gasteiger partial charge in [0.25, 0.3) is 0 Å². The minimum atomic E-state index is -4.55. The van der Waals surface area contributed by atoms with E-state index in [-0.39, 0.29) is 24.9 Å². The molecule has 8 heteroatoms. The second kappa shape index (κ2) is 10.7. The lowest BCUT2D eigenvalue weighted by molar-refractivity contribution is -0.140. The molecule has 3 aromatic carbocycles. The van der Waals surface area contributed by atoms with Crippen LogP contribution in [-0.2, 0) is 39.9 Å². The van der Waals surface area contributed by atoms with Gasteiger partial charge in [0.15, 0.2) is 0 Å². The van der Waals surface area contributed by atoms with E-state index in [1.54, 1.807) is 23.1 Å². The molecule has 0 spiro atoms. The third-order valence-corrected chi connectivity index (χ3v) is 6.79. The summed E-state index contributed by atoms with van der Waals surface area (Å²) in [5, 5.41) is 0. The number of carbonyl (C=O) groups excluding carboxylic acids is 2. The number of halogens is 3. The molecule has 0 bridgehead atoms. The van der Waals surface area contributed by atoms with E-state index in [1.807, 2.05) is 24.3 Å². The first kappa shape index (κ1) is 26.3. The van der Waals surface area contributed by atoms with E-state index < -0.39 is 17.7 Å². The van der Waals surface area contributed by atoms with Gasteiger partial charge in [0.05, 0.1) is 32.2 Å². The number of ether oxygens (including phenoxy) is 2. The predicted octanol–water partition coefficient (Wildman–Crippen LogP) is 6.13. The van der Waals surface area contributed by atoms with Crippen LogP contribution < -0.4 is 4.74 Å². The monoisotopic (exact) mass is 511 g/mol. The van der Waals surface area contributed by atoms with Crippen LogP contribution in [0.15, 0.2) is 60.7 Å². The summed E-state index contributed by atoms with van der Waals surface area (Å²) in [5.74, 6) is -0.224. The molecule has 37 heavy (non-hydrogen) atoms. The molecule has 1 unspecified atom stereocenters. The van der Waals surface area contributed by atoms with Gasteiger partial charge < -0.3 is 14.4 Å². The van der Waals surface area contributed by atoms with E-state index in [2.05, 4.69) is 0 Å². The Morgan fingerprint density at radius 2 is 1.76 bits per heavy atom. The van der Waals surface area contributed by atoms with E-state index >= 15 is 0 Å². The van der Waals surface area contributed by atoms with Crippen molar-refractivity contribution in [2.75, 3.05) is 14.2 Å². The fourth-order valence-corrected chi connectivity index (χ4v) is 4.96. The molecule has 1 aliphatic carbocycles. The SMILES string of the molecule is COC(=O)Cc1ccc(OC)c(-c2ccc(C(F)(F)F)cc2CN(C(C)=O)C2CCc3ccccc32)c1. The first-order chi connectivity index (χ1) is 17.6. The van der Waals surface area contributed by atoms with E-state index in [0.717, 1.165) is 29.7 Å². The summed E-state index contributed by atoms with van der Waals surface area (Å²) in [6.45, 7) is 1.42. The molecule has 3 aromatic rings. The van der Waals surface area contributed by atoms with E-state index in [9.17, 15) is 22.8 Å². The lowest BCUT2D eigenvalue weighted by Crippen LogP contribution is -2.32. The van der Waals surface area contributed by atoms with Crippen molar-refractivity contribution in [2.45, 2.75) is 44.9 Å². The van der Waals surface area contributed by atoms with Crippen molar-refractivity contribution in [3.8, 4) is 16.9 Å². The van der Waals surface area contributed by atoms with Crippen LogP contribution in [0.3, 0.4) is 0 Å². The maximum atomic E-state index is 13.7. The molecule has 0 aliphatic heterocycles. The Kier molecular flexibility index (Phi) is 7.57. The van der Waals surface area contributed by atoms with Gasteiger partial charge in [-0.05, 0) is 64.9 Å². The van der Waals surface area contributed by atoms with Crippen LogP contribution in [0, 0.1) is 0 Å². The molecule has 0 aromatic heterocycles. The Bertz CT molecular complexity index is 1320. The topological polar surface area (TPSA) is 55.8 Å². The van der Waals surface area contributed by atoms with Crippen LogP contribution in [-0.4, -0.2) is 31.0 Å². The third-order valence-electron chi connectivity index (χ3n) is 6.79. The Labute approximate surface area is 213 Å². The summed E-state index contributed by atoms with van der Waals surface area (Å²) in [7, 11) is 2.76. The number of aryl methyl sites for hydroxylation is 1. The highest BCUT2D eigenvalue weighted by Crippen LogP contribution is 2.41. The minimum absolute atomic E-state index is 0.00188. The van der Waals surface area contributed by atoms with E-state index in [1.165, 1.54) is 27.2 Å².